The Hall–Kier alpha value is -3.61. The van der Waals surface area contributed by atoms with Crippen molar-refractivity contribution < 1.29 is 19.4 Å². The molecule has 1 atom stereocenters. The molecule has 1 saturated heterocycles. The number of nitrogens with zero attached hydrogens (tertiary/aromatic N) is 2. The summed E-state index contributed by atoms with van der Waals surface area (Å²) in [5, 5.41) is 9.05. The first kappa shape index (κ1) is 28.6. The van der Waals surface area contributed by atoms with Crippen LogP contribution >= 0.6 is 0 Å². The van der Waals surface area contributed by atoms with Crippen LogP contribution in [0.4, 0.5) is 4.79 Å². The van der Waals surface area contributed by atoms with Gasteiger partial charge in [0.15, 0.2) is 0 Å². The zero-order valence-corrected chi connectivity index (χ0v) is 22.5. The number of benzene rings is 2. The Morgan fingerprint density at radius 2 is 1.47 bits per heavy atom. The predicted molar refractivity (Wildman–Crippen MR) is 144 cm³/mol. The second-order valence-corrected chi connectivity index (χ2v) is 8.97. The largest absolute Gasteiger partial charge is 0.478 e. The van der Waals surface area contributed by atoms with Gasteiger partial charge in [0.25, 0.3) is 0 Å². The second kappa shape index (κ2) is 12.9. The molecule has 0 saturated carbocycles. The summed E-state index contributed by atoms with van der Waals surface area (Å²) in [5.74, 6) is -0.175. The molecule has 1 aromatic heterocycles. The summed E-state index contributed by atoms with van der Waals surface area (Å²) in [7, 11) is 0. The van der Waals surface area contributed by atoms with Gasteiger partial charge in [0.05, 0.1) is 23.5 Å². The van der Waals surface area contributed by atoms with Gasteiger partial charge in [-0.3, -0.25) is 4.90 Å². The number of aromatic amines is 1. The van der Waals surface area contributed by atoms with Crippen molar-refractivity contribution in [3.8, 4) is 22.4 Å². The van der Waals surface area contributed by atoms with Crippen LogP contribution in [0.25, 0.3) is 22.4 Å². The molecular formula is C29H39N3O4. The maximum Gasteiger partial charge on any atom is 0.410 e. The van der Waals surface area contributed by atoms with Gasteiger partial charge in [-0.2, -0.15) is 0 Å². The number of likely N-dealkylation sites (tertiary alicyclic amines) is 1. The van der Waals surface area contributed by atoms with Crippen LogP contribution in [-0.2, 0) is 4.74 Å². The maximum absolute atomic E-state index is 12.6. The SMILES string of the molecule is CC.CC.CC(C)(C)OC(=O)N1CCC[C@H]1c1ncc(-c2ccc(-c3ccc(C(=O)O)cc3)cc2)[nH]1. The van der Waals surface area contributed by atoms with E-state index in [2.05, 4.69) is 9.97 Å². The number of nitrogens with one attached hydrogen (secondary N) is 1. The van der Waals surface area contributed by atoms with E-state index in [0.29, 0.717) is 6.54 Å². The fourth-order valence-electron chi connectivity index (χ4n) is 3.89. The number of hydrogen-bond donors (Lipinski definition) is 2. The van der Waals surface area contributed by atoms with E-state index >= 15 is 0 Å². The van der Waals surface area contributed by atoms with Crippen molar-refractivity contribution in [2.45, 2.75) is 73.0 Å². The third-order valence-electron chi connectivity index (χ3n) is 5.45. The van der Waals surface area contributed by atoms with Crippen LogP contribution in [0.2, 0.25) is 0 Å². The Kier molecular flexibility index (Phi) is 10.3. The lowest BCUT2D eigenvalue weighted by Crippen LogP contribution is -2.36. The smallest absolute Gasteiger partial charge is 0.410 e. The third kappa shape index (κ3) is 7.20. The molecule has 3 aromatic rings. The molecule has 0 spiro atoms. The zero-order valence-electron chi connectivity index (χ0n) is 22.5. The average Bonchev–Trinajstić information content (AvgIpc) is 3.56. The number of amides is 1. The van der Waals surface area contributed by atoms with Gasteiger partial charge in [-0.25, -0.2) is 14.6 Å². The molecule has 7 nitrogen and oxygen atoms in total. The summed E-state index contributed by atoms with van der Waals surface area (Å²) in [4.78, 5) is 33.3. The normalized spacial score (nSPS) is 14.8. The minimum Gasteiger partial charge on any atom is -0.478 e. The lowest BCUT2D eigenvalue weighted by Gasteiger charge is -2.27. The van der Waals surface area contributed by atoms with E-state index < -0.39 is 11.6 Å². The number of carboxylic acids is 1. The van der Waals surface area contributed by atoms with Gasteiger partial charge < -0.3 is 14.8 Å². The van der Waals surface area contributed by atoms with Gasteiger partial charge in [0.1, 0.15) is 11.4 Å². The average molecular weight is 494 g/mol. The molecule has 0 bridgehead atoms. The van der Waals surface area contributed by atoms with E-state index in [1.807, 2.05) is 72.7 Å². The number of aromatic nitrogens is 2. The number of imidazole rings is 1. The number of carboxylic acid groups (broad SMARTS) is 1. The molecule has 2 aromatic carbocycles. The monoisotopic (exact) mass is 493 g/mol. The number of ether oxygens (including phenoxy) is 1. The molecule has 2 heterocycles. The first-order valence-corrected chi connectivity index (χ1v) is 12.7. The van der Waals surface area contributed by atoms with Gasteiger partial charge >= 0.3 is 12.1 Å². The molecule has 1 fully saturated rings. The van der Waals surface area contributed by atoms with Crippen LogP contribution in [0.1, 0.15) is 83.5 Å². The molecule has 0 radical (unpaired) electrons. The fraction of sp³-hybridized carbons (Fsp3) is 0.414. The third-order valence-corrected chi connectivity index (χ3v) is 5.45. The van der Waals surface area contributed by atoms with E-state index in [1.165, 1.54) is 0 Å². The standard InChI is InChI=1S/C25H27N3O4.2C2H6/c1-25(2,3)32-24(31)28-14-4-5-21(28)22-26-15-20(27-22)18-10-6-16(7-11-18)17-8-12-19(13-9-17)23(29)30;2*1-2/h6-13,15,21H,4-5,14H2,1-3H3,(H,26,27)(H,29,30);2*1-2H3/t21-;;/m0../s1. The van der Waals surface area contributed by atoms with Crippen molar-refractivity contribution in [3.63, 3.8) is 0 Å². The Labute approximate surface area is 214 Å². The van der Waals surface area contributed by atoms with Crippen molar-refractivity contribution in [2.24, 2.45) is 0 Å². The lowest BCUT2D eigenvalue weighted by atomic mass is 10.0. The molecule has 0 unspecified atom stereocenters. The fourth-order valence-corrected chi connectivity index (χ4v) is 3.89. The summed E-state index contributed by atoms with van der Waals surface area (Å²) in [5.41, 5.74) is 3.54. The molecule has 0 aliphatic carbocycles. The molecule has 1 amide bonds. The Morgan fingerprint density at radius 1 is 0.944 bits per heavy atom. The predicted octanol–water partition coefficient (Wildman–Crippen LogP) is 7.57. The van der Waals surface area contributed by atoms with E-state index in [-0.39, 0.29) is 17.7 Å². The highest BCUT2D eigenvalue weighted by Gasteiger charge is 2.34. The van der Waals surface area contributed by atoms with Crippen LogP contribution < -0.4 is 0 Å². The van der Waals surface area contributed by atoms with Crippen LogP contribution in [0, 0.1) is 0 Å². The first-order valence-electron chi connectivity index (χ1n) is 12.7. The van der Waals surface area contributed by atoms with Crippen molar-refractivity contribution in [2.75, 3.05) is 6.54 Å². The van der Waals surface area contributed by atoms with Gasteiger partial charge in [-0.15, -0.1) is 0 Å². The van der Waals surface area contributed by atoms with Crippen molar-refractivity contribution in [1.29, 1.82) is 0 Å². The topological polar surface area (TPSA) is 95.5 Å². The Morgan fingerprint density at radius 3 is 2.00 bits per heavy atom. The molecule has 2 N–H and O–H groups in total. The molecule has 194 valence electrons. The molecule has 1 aliphatic rings. The number of carbonyl (C=O) groups excluding carboxylic acids is 1. The zero-order chi connectivity index (χ0) is 26.9. The highest BCUT2D eigenvalue weighted by atomic mass is 16.6. The highest BCUT2D eigenvalue weighted by Crippen LogP contribution is 2.33. The van der Waals surface area contributed by atoms with Gasteiger partial charge in [0.2, 0.25) is 0 Å². The summed E-state index contributed by atoms with van der Waals surface area (Å²) in [6, 6.07) is 14.7. The van der Waals surface area contributed by atoms with E-state index in [0.717, 1.165) is 41.1 Å². The maximum atomic E-state index is 12.6. The number of hydrogen-bond acceptors (Lipinski definition) is 4. The lowest BCUT2D eigenvalue weighted by molar-refractivity contribution is 0.0218. The Bertz CT molecular complexity index is 1110. The van der Waals surface area contributed by atoms with Crippen LogP contribution in [-0.4, -0.2) is 44.2 Å². The van der Waals surface area contributed by atoms with Crippen molar-refractivity contribution in [3.05, 3.63) is 66.1 Å². The molecular weight excluding hydrogens is 454 g/mol. The number of carbonyl (C=O) groups is 2. The minimum atomic E-state index is -0.936. The minimum absolute atomic E-state index is 0.120. The van der Waals surface area contributed by atoms with E-state index in [9.17, 15) is 9.59 Å². The summed E-state index contributed by atoms with van der Waals surface area (Å²) < 4.78 is 5.55. The van der Waals surface area contributed by atoms with E-state index in [4.69, 9.17) is 9.84 Å². The van der Waals surface area contributed by atoms with Crippen molar-refractivity contribution in [1.82, 2.24) is 14.9 Å². The van der Waals surface area contributed by atoms with E-state index in [1.54, 1.807) is 35.4 Å². The van der Waals surface area contributed by atoms with Gasteiger partial charge in [-0.05, 0) is 62.4 Å². The van der Waals surface area contributed by atoms with Crippen LogP contribution in [0.15, 0.2) is 54.7 Å². The second-order valence-electron chi connectivity index (χ2n) is 8.97. The number of H-pyrrole nitrogens is 1. The highest BCUT2D eigenvalue weighted by molar-refractivity contribution is 5.88. The summed E-state index contributed by atoms with van der Waals surface area (Å²) >= 11 is 0. The van der Waals surface area contributed by atoms with Crippen molar-refractivity contribution >= 4 is 12.1 Å². The summed E-state index contributed by atoms with van der Waals surface area (Å²) in [6.45, 7) is 14.3. The Balaban J connectivity index is 0.00000109. The van der Waals surface area contributed by atoms with Crippen LogP contribution in [0.5, 0.6) is 0 Å². The van der Waals surface area contributed by atoms with Crippen LogP contribution in [0.3, 0.4) is 0 Å². The number of aromatic carboxylic acids is 1. The number of rotatable bonds is 4. The summed E-state index contributed by atoms with van der Waals surface area (Å²) in [6.07, 6.45) is 3.24. The molecule has 36 heavy (non-hydrogen) atoms. The van der Waals surface area contributed by atoms with Gasteiger partial charge in [0, 0.05) is 6.54 Å². The molecule has 4 rings (SSSR count). The molecule has 1 aliphatic heterocycles. The first-order chi connectivity index (χ1) is 17.2. The molecule has 7 heteroatoms. The quantitative estimate of drug-likeness (QED) is 0.391. The van der Waals surface area contributed by atoms with Gasteiger partial charge in [-0.1, -0.05) is 64.1 Å².